The minimum atomic E-state index is 0.364. The Hall–Kier alpha value is -0.370. The van der Waals surface area contributed by atoms with Crippen molar-refractivity contribution in [2.24, 2.45) is 5.92 Å². The molecule has 0 amide bonds. The van der Waals surface area contributed by atoms with Crippen LogP contribution < -0.4 is 5.32 Å². The molecule has 0 aromatic heterocycles. The molecule has 1 aliphatic carbocycles. The van der Waals surface area contributed by atoms with Crippen LogP contribution in [0.15, 0.2) is 0 Å². The SMILES string of the molecule is CCNC(C)CC(=O)C1CCC1. The maximum absolute atomic E-state index is 11.5. The number of Topliss-reactive ketones (excluding diaryl/α,β-unsaturated/α-hetero) is 1. The quantitative estimate of drug-likeness (QED) is 0.679. The van der Waals surface area contributed by atoms with E-state index in [-0.39, 0.29) is 0 Å². The van der Waals surface area contributed by atoms with Gasteiger partial charge in [-0.2, -0.15) is 0 Å². The van der Waals surface area contributed by atoms with Crippen LogP contribution in [-0.4, -0.2) is 18.4 Å². The zero-order chi connectivity index (χ0) is 8.97. The lowest BCUT2D eigenvalue weighted by molar-refractivity contribution is -0.125. The normalized spacial score (nSPS) is 20.2. The number of nitrogens with one attached hydrogen (secondary N) is 1. The van der Waals surface area contributed by atoms with Crippen molar-refractivity contribution >= 4 is 5.78 Å². The highest BCUT2D eigenvalue weighted by Gasteiger charge is 2.25. The Morgan fingerprint density at radius 2 is 2.25 bits per heavy atom. The second-order valence-corrected chi connectivity index (χ2v) is 3.76. The summed E-state index contributed by atoms with van der Waals surface area (Å²) >= 11 is 0. The van der Waals surface area contributed by atoms with Crippen molar-refractivity contribution < 1.29 is 4.79 Å². The third kappa shape index (κ3) is 2.59. The van der Waals surface area contributed by atoms with Crippen LogP contribution in [0.4, 0.5) is 0 Å². The Morgan fingerprint density at radius 3 is 2.67 bits per heavy atom. The first-order valence-electron chi connectivity index (χ1n) is 5.00. The molecule has 1 atom stereocenters. The van der Waals surface area contributed by atoms with Gasteiger partial charge in [0.1, 0.15) is 5.78 Å². The first-order valence-corrected chi connectivity index (χ1v) is 5.00. The van der Waals surface area contributed by atoms with Gasteiger partial charge in [0.15, 0.2) is 0 Å². The van der Waals surface area contributed by atoms with Gasteiger partial charge in [0, 0.05) is 18.4 Å². The highest BCUT2D eigenvalue weighted by molar-refractivity contribution is 5.82. The molecule has 2 nitrogen and oxygen atoms in total. The molecule has 0 aliphatic heterocycles. The second kappa shape index (κ2) is 4.61. The van der Waals surface area contributed by atoms with Crippen LogP contribution in [0.2, 0.25) is 0 Å². The number of hydrogen-bond donors (Lipinski definition) is 1. The number of carbonyl (C=O) groups excluding carboxylic acids is 1. The second-order valence-electron chi connectivity index (χ2n) is 3.76. The van der Waals surface area contributed by atoms with E-state index in [9.17, 15) is 4.79 Å². The van der Waals surface area contributed by atoms with Crippen molar-refractivity contribution in [2.75, 3.05) is 6.54 Å². The maximum Gasteiger partial charge on any atom is 0.137 e. The largest absolute Gasteiger partial charge is 0.314 e. The van der Waals surface area contributed by atoms with Crippen LogP contribution in [-0.2, 0) is 4.79 Å². The Bertz CT molecular complexity index is 152. The fraction of sp³-hybridized carbons (Fsp3) is 0.900. The molecule has 0 spiro atoms. The first-order chi connectivity index (χ1) is 5.74. The van der Waals surface area contributed by atoms with E-state index in [1.807, 2.05) is 0 Å². The zero-order valence-corrected chi connectivity index (χ0v) is 8.10. The van der Waals surface area contributed by atoms with Crippen LogP contribution in [0.25, 0.3) is 0 Å². The monoisotopic (exact) mass is 169 g/mol. The van der Waals surface area contributed by atoms with E-state index in [0.29, 0.717) is 17.7 Å². The molecule has 0 heterocycles. The van der Waals surface area contributed by atoms with Crippen LogP contribution in [0.1, 0.15) is 39.5 Å². The third-order valence-electron chi connectivity index (χ3n) is 2.62. The van der Waals surface area contributed by atoms with Crippen molar-refractivity contribution in [3.63, 3.8) is 0 Å². The standard InChI is InChI=1S/C10H19NO/c1-3-11-8(2)7-10(12)9-5-4-6-9/h8-9,11H,3-7H2,1-2H3. The predicted octanol–water partition coefficient (Wildman–Crippen LogP) is 1.74. The number of hydrogen-bond acceptors (Lipinski definition) is 2. The van der Waals surface area contributed by atoms with Gasteiger partial charge >= 0.3 is 0 Å². The van der Waals surface area contributed by atoms with Gasteiger partial charge in [0.2, 0.25) is 0 Å². The molecular formula is C10H19NO. The van der Waals surface area contributed by atoms with E-state index in [4.69, 9.17) is 0 Å². The maximum atomic E-state index is 11.5. The number of carbonyl (C=O) groups is 1. The lowest BCUT2D eigenvalue weighted by Crippen LogP contribution is -2.32. The topological polar surface area (TPSA) is 29.1 Å². The van der Waals surface area contributed by atoms with E-state index >= 15 is 0 Å². The van der Waals surface area contributed by atoms with Crippen LogP contribution in [0.3, 0.4) is 0 Å². The Kier molecular flexibility index (Phi) is 3.73. The summed E-state index contributed by atoms with van der Waals surface area (Å²) in [5, 5.41) is 3.26. The van der Waals surface area contributed by atoms with Gasteiger partial charge in [0.25, 0.3) is 0 Å². The molecular weight excluding hydrogens is 150 g/mol. The molecule has 1 N–H and O–H groups in total. The highest BCUT2D eigenvalue weighted by Crippen LogP contribution is 2.28. The summed E-state index contributed by atoms with van der Waals surface area (Å²) in [7, 11) is 0. The molecule has 0 aromatic carbocycles. The fourth-order valence-electron chi connectivity index (χ4n) is 1.62. The average molecular weight is 169 g/mol. The molecule has 0 radical (unpaired) electrons. The van der Waals surface area contributed by atoms with Crippen LogP contribution in [0.5, 0.6) is 0 Å². The lowest BCUT2D eigenvalue weighted by Gasteiger charge is -2.25. The molecule has 1 fully saturated rings. The minimum Gasteiger partial charge on any atom is -0.314 e. The molecule has 0 bridgehead atoms. The molecule has 70 valence electrons. The molecule has 0 aromatic rings. The van der Waals surface area contributed by atoms with Crippen LogP contribution in [0, 0.1) is 5.92 Å². The molecule has 2 heteroatoms. The summed E-state index contributed by atoms with van der Waals surface area (Å²) in [6.45, 7) is 5.11. The average Bonchev–Trinajstić information content (AvgIpc) is 1.82. The van der Waals surface area contributed by atoms with Crippen molar-refractivity contribution in [3.05, 3.63) is 0 Å². The van der Waals surface area contributed by atoms with Crippen molar-refractivity contribution in [2.45, 2.75) is 45.6 Å². The van der Waals surface area contributed by atoms with Crippen molar-refractivity contribution in [3.8, 4) is 0 Å². The summed E-state index contributed by atoms with van der Waals surface area (Å²) in [4.78, 5) is 11.5. The Morgan fingerprint density at radius 1 is 1.58 bits per heavy atom. The summed E-state index contributed by atoms with van der Waals surface area (Å²) < 4.78 is 0. The molecule has 1 aliphatic rings. The van der Waals surface area contributed by atoms with Gasteiger partial charge in [0.05, 0.1) is 0 Å². The van der Waals surface area contributed by atoms with Gasteiger partial charge < -0.3 is 5.32 Å². The number of rotatable bonds is 5. The van der Waals surface area contributed by atoms with Gasteiger partial charge in [-0.15, -0.1) is 0 Å². The summed E-state index contributed by atoms with van der Waals surface area (Å²) in [5.41, 5.74) is 0. The minimum absolute atomic E-state index is 0.364. The van der Waals surface area contributed by atoms with E-state index in [0.717, 1.165) is 25.8 Å². The predicted molar refractivity (Wildman–Crippen MR) is 50.1 cm³/mol. The third-order valence-corrected chi connectivity index (χ3v) is 2.62. The Balaban J connectivity index is 2.15. The molecule has 1 rings (SSSR count). The molecule has 0 saturated heterocycles. The summed E-state index contributed by atoms with van der Waals surface area (Å²) in [6, 6.07) is 0.364. The van der Waals surface area contributed by atoms with Gasteiger partial charge in [-0.25, -0.2) is 0 Å². The van der Waals surface area contributed by atoms with Crippen molar-refractivity contribution in [1.82, 2.24) is 5.32 Å². The lowest BCUT2D eigenvalue weighted by atomic mass is 9.80. The van der Waals surface area contributed by atoms with Gasteiger partial charge in [-0.1, -0.05) is 13.3 Å². The summed E-state index contributed by atoms with van der Waals surface area (Å²) in [6.07, 6.45) is 4.25. The summed E-state index contributed by atoms with van der Waals surface area (Å²) in [5.74, 6) is 0.876. The molecule has 1 unspecified atom stereocenters. The van der Waals surface area contributed by atoms with Crippen molar-refractivity contribution in [1.29, 1.82) is 0 Å². The Labute approximate surface area is 74.7 Å². The molecule has 1 saturated carbocycles. The van der Waals surface area contributed by atoms with Gasteiger partial charge in [-0.3, -0.25) is 4.79 Å². The first kappa shape index (κ1) is 9.72. The van der Waals surface area contributed by atoms with Gasteiger partial charge in [-0.05, 0) is 26.3 Å². The van der Waals surface area contributed by atoms with E-state index in [1.54, 1.807) is 0 Å². The molecule has 12 heavy (non-hydrogen) atoms. The zero-order valence-electron chi connectivity index (χ0n) is 8.10. The smallest absolute Gasteiger partial charge is 0.137 e. The van der Waals surface area contributed by atoms with E-state index in [1.165, 1.54) is 6.42 Å². The van der Waals surface area contributed by atoms with E-state index in [2.05, 4.69) is 19.2 Å². The fourth-order valence-corrected chi connectivity index (χ4v) is 1.62. The highest BCUT2D eigenvalue weighted by atomic mass is 16.1. The number of ketones is 1. The van der Waals surface area contributed by atoms with Crippen LogP contribution >= 0.6 is 0 Å². The van der Waals surface area contributed by atoms with E-state index < -0.39 is 0 Å².